The van der Waals surface area contributed by atoms with Gasteiger partial charge in [-0.2, -0.15) is 0 Å². The molecule has 19 heavy (non-hydrogen) atoms. The number of halogens is 1. The van der Waals surface area contributed by atoms with Crippen LogP contribution in [0.1, 0.15) is 17.3 Å². The van der Waals surface area contributed by atoms with E-state index in [9.17, 15) is 14.3 Å². The molecule has 0 aliphatic rings. The van der Waals surface area contributed by atoms with Gasteiger partial charge >= 0.3 is 0 Å². The van der Waals surface area contributed by atoms with E-state index >= 15 is 0 Å². The van der Waals surface area contributed by atoms with E-state index in [-0.39, 0.29) is 11.3 Å². The van der Waals surface area contributed by atoms with Gasteiger partial charge in [-0.1, -0.05) is 18.2 Å². The van der Waals surface area contributed by atoms with Crippen LogP contribution in [0, 0.1) is 5.82 Å². The molecule has 1 N–H and O–H groups in total. The van der Waals surface area contributed by atoms with Gasteiger partial charge in [0.05, 0.1) is 12.7 Å². The molecule has 2 rings (SSSR count). The van der Waals surface area contributed by atoms with Gasteiger partial charge in [-0.3, -0.25) is 4.79 Å². The Hall–Kier alpha value is -2.36. The molecule has 98 valence electrons. The van der Waals surface area contributed by atoms with Crippen LogP contribution in [0.5, 0.6) is 11.5 Å². The Morgan fingerprint density at radius 2 is 2.00 bits per heavy atom. The molecule has 0 amide bonds. The van der Waals surface area contributed by atoms with E-state index in [0.717, 1.165) is 0 Å². The Labute approximate surface area is 110 Å². The number of carbonyl (C=O) groups excluding carboxylic acids is 1. The van der Waals surface area contributed by atoms with Gasteiger partial charge in [0.2, 0.25) is 0 Å². The molecule has 0 bridgehead atoms. The third-order valence-corrected chi connectivity index (χ3v) is 2.86. The second-order valence-electron chi connectivity index (χ2n) is 4.11. The van der Waals surface area contributed by atoms with Crippen molar-refractivity contribution in [3.05, 3.63) is 47.8 Å². The van der Waals surface area contributed by atoms with E-state index in [2.05, 4.69) is 0 Å². The highest BCUT2D eigenvalue weighted by Crippen LogP contribution is 2.37. The van der Waals surface area contributed by atoms with E-state index in [1.165, 1.54) is 26.2 Å². The molecule has 2 aromatic carbocycles. The molecule has 0 saturated carbocycles. The number of ether oxygens (including phenoxy) is 1. The van der Waals surface area contributed by atoms with Crippen LogP contribution in [0.25, 0.3) is 11.1 Å². The van der Waals surface area contributed by atoms with E-state index in [4.69, 9.17) is 4.74 Å². The van der Waals surface area contributed by atoms with Crippen LogP contribution < -0.4 is 4.74 Å². The summed E-state index contributed by atoms with van der Waals surface area (Å²) < 4.78 is 19.2. The lowest BCUT2D eigenvalue weighted by molar-refractivity contribution is 0.101. The Balaban J connectivity index is 2.67. The summed E-state index contributed by atoms with van der Waals surface area (Å²) in [5.74, 6) is -1.03. The average molecular weight is 260 g/mol. The monoisotopic (exact) mass is 260 g/mol. The second-order valence-corrected chi connectivity index (χ2v) is 4.11. The zero-order chi connectivity index (χ0) is 14.0. The summed E-state index contributed by atoms with van der Waals surface area (Å²) in [6, 6.07) is 9.25. The van der Waals surface area contributed by atoms with Crippen molar-refractivity contribution in [1.29, 1.82) is 0 Å². The molecule has 0 aliphatic heterocycles. The maximum Gasteiger partial charge on any atom is 0.176 e. The van der Waals surface area contributed by atoms with E-state index in [1.807, 2.05) is 0 Å². The van der Waals surface area contributed by atoms with Crippen molar-refractivity contribution in [2.24, 2.45) is 0 Å². The number of methoxy groups -OCH3 is 1. The predicted octanol–water partition coefficient (Wildman–Crippen LogP) is 3.41. The smallest absolute Gasteiger partial charge is 0.176 e. The first-order chi connectivity index (χ1) is 9.04. The van der Waals surface area contributed by atoms with Gasteiger partial charge < -0.3 is 9.84 Å². The number of carbonyl (C=O) groups is 1. The summed E-state index contributed by atoms with van der Waals surface area (Å²) in [6.45, 7) is 1.44. The molecule has 0 unspecified atom stereocenters. The fourth-order valence-electron chi connectivity index (χ4n) is 1.88. The van der Waals surface area contributed by atoms with Crippen LogP contribution in [0.2, 0.25) is 0 Å². The lowest BCUT2D eigenvalue weighted by Crippen LogP contribution is -1.95. The fraction of sp³-hybridized carbons (Fsp3) is 0.133. The largest absolute Gasteiger partial charge is 0.505 e. The number of phenols is 1. The van der Waals surface area contributed by atoms with Gasteiger partial charge in [0.15, 0.2) is 17.3 Å². The van der Waals surface area contributed by atoms with E-state index in [0.29, 0.717) is 16.9 Å². The minimum atomic E-state index is -0.764. The molecule has 0 spiro atoms. The molecule has 4 heteroatoms. The maximum atomic E-state index is 14.1. The van der Waals surface area contributed by atoms with Gasteiger partial charge in [-0.25, -0.2) is 4.39 Å². The van der Waals surface area contributed by atoms with Crippen molar-refractivity contribution in [1.82, 2.24) is 0 Å². The van der Waals surface area contributed by atoms with Crippen LogP contribution in [-0.2, 0) is 0 Å². The molecule has 2 aromatic rings. The second kappa shape index (κ2) is 5.10. The van der Waals surface area contributed by atoms with Crippen molar-refractivity contribution in [3.8, 4) is 22.6 Å². The maximum absolute atomic E-state index is 14.1. The summed E-state index contributed by atoms with van der Waals surface area (Å²) in [5, 5.41) is 9.46. The first kappa shape index (κ1) is 13.1. The third-order valence-electron chi connectivity index (χ3n) is 2.86. The Morgan fingerprint density at radius 3 is 2.63 bits per heavy atom. The number of benzene rings is 2. The summed E-state index contributed by atoms with van der Waals surface area (Å²) in [6.07, 6.45) is 0. The van der Waals surface area contributed by atoms with Crippen molar-refractivity contribution in [3.63, 3.8) is 0 Å². The lowest BCUT2D eigenvalue weighted by Gasteiger charge is -2.11. The fourth-order valence-corrected chi connectivity index (χ4v) is 1.88. The highest BCUT2D eigenvalue weighted by molar-refractivity contribution is 5.95. The first-order valence-electron chi connectivity index (χ1n) is 5.71. The molecule has 0 fully saturated rings. The van der Waals surface area contributed by atoms with Crippen molar-refractivity contribution in [2.75, 3.05) is 7.11 Å². The van der Waals surface area contributed by atoms with Crippen LogP contribution in [0.4, 0.5) is 4.39 Å². The normalized spacial score (nSPS) is 10.3. The summed E-state index contributed by atoms with van der Waals surface area (Å²) in [5.41, 5.74) is 1.10. The summed E-state index contributed by atoms with van der Waals surface area (Å²) >= 11 is 0. The molecular weight excluding hydrogens is 247 g/mol. The zero-order valence-electron chi connectivity index (χ0n) is 10.6. The Bertz CT molecular complexity index is 635. The van der Waals surface area contributed by atoms with Gasteiger partial charge in [0, 0.05) is 5.56 Å². The molecule has 0 radical (unpaired) electrons. The summed E-state index contributed by atoms with van der Waals surface area (Å²) in [7, 11) is 1.42. The zero-order valence-corrected chi connectivity index (χ0v) is 10.6. The molecule has 0 atom stereocenters. The van der Waals surface area contributed by atoms with Crippen molar-refractivity contribution in [2.45, 2.75) is 6.92 Å². The van der Waals surface area contributed by atoms with Crippen LogP contribution >= 0.6 is 0 Å². The van der Waals surface area contributed by atoms with Crippen LogP contribution in [-0.4, -0.2) is 18.0 Å². The molecule has 0 aliphatic carbocycles. The van der Waals surface area contributed by atoms with Gasteiger partial charge in [-0.15, -0.1) is 0 Å². The Morgan fingerprint density at radius 1 is 1.26 bits per heavy atom. The van der Waals surface area contributed by atoms with Crippen LogP contribution in [0.3, 0.4) is 0 Å². The summed E-state index contributed by atoms with van der Waals surface area (Å²) in [4.78, 5) is 11.4. The van der Waals surface area contributed by atoms with Crippen molar-refractivity contribution >= 4 is 5.78 Å². The third kappa shape index (κ3) is 2.42. The molecule has 0 aromatic heterocycles. The van der Waals surface area contributed by atoms with Gasteiger partial charge in [0.1, 0.15) is 5.75 Å². The van der Waals surface area contributed by atoms with Gasteiger partial charge in [-0.05, 0) is 30.7 Å². The Kier molecular flexibility index (Phi) is 3.51. The quantitative estimate of drug-likeness (QED) is 0.860. The lowest BCUT2D eigenvalue weighted by atomic mass is 10.00. The number of aromatic hydroxyl groups is 1. The minimum Gasteiger partial charge on any atom is -0.505 e. The number of ketones is 1. The molecular formula is C15H13FO3. The molecule has 3 nitrogen and oxygen atoms in total. The minimum absolute atomic E-state index is 0.110. The molecule has 0 heterocycles. The predicted molar refractivity (Wildman–Crippen MR) is 70.1 cm³/mol. The number of rotatable bonds is 3. The number of Topliss-reactive ketones (excluding diaryl/α,β-unsaturated/α-hetero) is 1. The number of phenolic OH excluding ortho intramolecular Hbond substituents is 1. The number of hydrogen-bond acceptors (Lipinski definition) is 3. The topological polar surface area (TPSA) is 46.5 Å². The van der Waals surface area contributed by atoms with Crippen molar-refractivity contribution < 1.29 is 19.0 Å². The highest BCUT2D eigenvalue weighted by atomic mass is 19.1. The van der Waals surface area contributed by atoms with Crippen LogP contribution in [0.15, 0.2) is 36.4 Å². The SMILES string of the molecule is COc1ccc(O)c(F)c1-c1cccc(C(C)=O)c1. The van der Waals surface area contributed by atoms with E-state index < -0.39 is 11.6 Å². The number of hydrogen-bond donors (Lipinski definition) is 1. The van der Waals surface area contributed by atoms with Gasteiger partial charge in [0.25, 0.3) is 0 Å². The first-order valence-corrected chi connectivity index (χ1v) is 5.71. The highest BCUT2D eigenvalue weighted by Gasteiger charge is 2.16. The standard InChI is InChI=1S/C15H13FO3/c1-9(17)10-4-3-5-11(8-10)14-13(19-2)7-6-12(18)15(14)16/h3-8,18H,1-2H3. The molecule has 0 saturated heterocycles. The van der Waals surface area contributed by atoms with E-state index in [1.54, 1.807) is 24.3 Å². The average Bonchev–Trinajstić information content (AvgIpc) is 2.41.